The minimum atomic E-state index is 0.122. The van der Waals surface area contributed by atoms with Gasteiger partial charge in [0.25, 0.3) is 0 Å². The maximum atomic E-state index is 8.75. The number of aromatic nitrogens is 2. The minimum absolute atomic E-state index is 0.122. The number of nitrogens with zero attached hydrogens (tertiary/aromatic N) is 3. The zero-order chi connectivity index (χ0) is 12.3. The summed E-state index contributed by atoms with van der Waals surface area (Å²) in [5, 5.41) is 17.5. The van der Waals surface area contributed by atoms with E-state index in [4.69, 9.17) is 10.9 Å². The first-order chi connectivity index (χ1) is 7.51. The van der Waals surface area contributed by atoms with Crippen LogP contribution in [0, 0.1) is 6.92 Å². The predicted octanol–water partition coefficient (Wildman–Crippen LogP) is 1.71. The molecule has 0 saturated heterocycles. The third-order valence-corrected chi connectivity index (χ3v) is 3.85. The van der Waals surface area contributed by atoms with Crippen LogP contribution in [0.3, 0.4) is 0 Å². The van der Waals surface area contributed by atoms with Crippen molar-refractivity contribution in [2.24, 2.45) is 17.9 Å². The Bertz CT molecular complexity index is 400. The second-order valence-electron chi connectivity index (χ2n) is 3.71. The number of rotatable bonds is 4. The molecule has 0 radical (unpaired) electrons. The van der Waals surface area contributed by atoms with Crippen molar-refractivity contribution in [3.63, 3.8) is 0 Å². The fraction of sp³-hybridized carbons (Fsp3) is 0.600. The van der Waals surface area contributed by atoms with Crippen molar-refractivity contribution in [2.75, 3.05) is 0 Å². The summed E-state index contributed by atoms with van der Waals surface area (Å²) in [5.41, 5.74) is 7.17. The van der Waals surface area contributed by atoms with Gasteiger partial charge in [0.2, 0.25) is 0 Å². The molecule has 90 valence electrons. The Hall–Kier alpha value is -1.17. The van der Waals surface area contributed by atoms with Crippen molar-refractivity contribution in [3.8, 4) is 0 Å². The molecule has 0 spiro atoms. The van der Waals surface area contributed by atoms with E-state index in [0.717, 1.165) is 22.7 Å². The summed E-state index contributed by atoms with van der Waals surface area (Å²) >= 11 is 1.69. The lowest BCUT2D eigenvalue weighted by atomic mass is 10.2. The van der Waals surface area contributed by atoms with Gasteiger partial charge in [-0.3, -0.25) is 4.68 Å². The summed E-state index contributed by atoms with van der Waals surface area (Å²) in [6.45, 7) is 6.13. The lowest BCUT2D eigenvalue weighted by Crippen LogP contribution is -2.15. The molecule has 0 fully saturated rings. The van der Waals surface area contributed by atoms with E-state index >= 15 is 0 Å². The summed E-state index contributed by atoms with van der Waals surface area (Å²) in [4.78, 5) is 0. The summed E-state index contributed by atoms with van der Waals surface area (Å²) in [7, 11) is 1.87. The number of amidine groups is 1. The minimum Gasteiger partial charge on any atom is -0.409 e. The number of aryl methyl sites for hydroxylation is 2. The SMILES string of the molecule is CCC(C)Sc1c(C(N)=NO)c(C)nn1C. The van der Waals surface area contributed by atoms with Crippen LogP contribution in [0.5, 0.6) is 0 Å². The highest BCUT2D eigenvalue weighted by atomic mass is 32.2. The number of nitrogens with two attached hydrogens (primary N) is 1. The van der Waals surface area contributed by atoms with Crippen LogP contribution in [0.25, 0.3) is 0 Å². The average molecular weight is 242 g/mol. The van der Waals surface area contributed by atoms with E-state index in [2.05, 4.69) is 24.1 Å². The van der Waals surface area contributed by atoms with Gasteiger partial charge in [-0.25, -0.2) is 0 Å². The second-order valence-corrected chi connectivity index (χ2v) is 5.14. The lowest BCUT2D eigenvalue weighted by Gasteiger charge is -2.10. The molecule has 1 heterocycles. The molecule has 0 aliphatic carbocycles. The first-order valence-electron chi connectivity index (χ1n) is 5.19. The van der Waals surface area contributed by atoms with Crippen LogP contribution < -0.4 is 5.73 Å². The standard InChI is InChI=1S/C10H18N4OS/c1-5-6(2)16-10-8(9(11)13-15)7(3)12-14(10)4/h6,15H,5H2,1-4H3,(H2,11,13). The zero-order valence-corrected chi connectivity index (χ0v) is 10.9. The van der Waals surface area contributed by atoms with Gasteiger partial charge in [-0.2, -0.15) is 5.10 Å². The monoisotopic (exact) mass is 242 g/mol. The number of hydrogen-bond donors (Lipinski definition) is 2. The first-order valence-corrected chi connectivity index (χ1v) is 6.07. The molecule has 0 aliphatic rings. The molecule has 0 saturated carbocycles. The third-order valence-electron chi connectivity index (χ3n) is 2.42. The predicted molar refractivity (Wildman–Crippen MR) is 66.1 cm³/mol. The van der Waals surface area contributed by atoms with E-state index in [1.165, 1.54) is 0 Å². The van der Waals surface area contributed by atoms with Crippen molar-refractivity contribution in [2.45, 2.75) is 37.5 Å². The Kier molecular flexibility index (Phi) is 4.23. The quantitative estimate of drug-likeness (QED) is 0.277. The molecular formula is C10H18N4OS. The van der Waals surface area contributed by atoms with E-state index in [1.54, 1.807) is 16.4 Å². The molecule has 0 bridgehead atoms. The van der Waals surface area contributed by atoms with Gasteiger partial charge in [-0.1, -0.05) is 19.0 Å². The van der Waals surface area contributed by atoms with Crippen molar-refractivity contribution >= 4 is 17.6 Å². The lowest BCUT2D eigenvalue weighted by molar-refractivity contribution is 0.318. The maximum Gasteiger partial charge on any atom is 0.174 e. The molecule has 5 nitrogen and oxygen atoms in total. The highest BCUT2D eigenvalue weighted by molar-refractivity contribution is 7.99. The summed E-state index contributed by atoms with van der Waals surface area (Å²) < 4.78 is 1.78. The summed E-state index contributed by atoms with van der Waals surface area (Å²) in [5.74, 6) is 0.122. The number of hydrogen-bond acceptors (Lipinski definition) is 4. The van der Waals surface area contributed by atoms with Crippen LogP contribution in [-0.4, -0.2) is 26.1 Å². The van der Waals surface area contributed by atoms with E-state index in [9.17, 15) is 0 Å². The van der Waals surface area contributed by atoms with Crippen LogP contribution in [0.1, 0.15) is 31.5 Å². The van der Waals surface area contributed by atoms with Gasteiger partial charge in [-0.05, 0) is 13.3 Å². The van der Waals surface area contributed by atoms with Gasteiger partial charge in [-0.15, -0.1) is 11.8 Å². The molecule has 0 amide bonds. The van der Waals surface area contributed by atoms with Gasteiger partial charge < -0.3 is 10.9 Å². The van der Waals surface area contributed by atoms with E-state index in [1.807, 2.05) is 14.0 Å². The molecule has 1 atom stereocenters. The maximum absolute atomic E-state index is 8.75. The second kappa shape index (κ2) is 5.25. The molecule has 1 rings (SSSR count). The van der Waals surface area contributed by atoms with Crippen LogP contribution in [0.15, 0.2) is 10.2 Å². The van der Waals surface area contributed by atoms with Crippen molar-refractivity contribution in [3.05, 3.63) is 11.3 Å². The molecule has 3 N–H and O–H groups in total. The van der Waals surface area contributed by atoms with Gasteiger partial charge in [0, 0.05) is 12.3 Å². The topological polar surface area (TPSA) is 76.4 Å². The van der Waals surface area contributed by atoms with Gasteiger partial charge in [0.1, 0.15) is 5.03 Å². The third kappa shape index (κ3) is 2.49. The Morgan fingerprint density at radius 3 is 2.81 bits per heavy atom. The highest BCUT2D eigenvalue weighted by Crippen LogP contribution is 2.29. The molecule has 0 aliphatic heterocycles. The highest BCUT2D eigenvalue weighted by Gasteiger charge is 2.19. The van der Waals surface area contributed by atoms with E-state index in [0.29, 0.717) is 5.25 Å². The molecule has 1 aromatic rings. The Morgan fingerprint density at radius 1 is 1.69 bits per heavy atom. The van der Waals surface area contributed by atoms with Gasteiger partial charge in [0.05, 0.1) is 11.3 Å². The molecular weight excluding hydrogens is 224 g/mol. The van der Waals surface area contributed by atoms with Crippen LogP contribution >= 0.6 is 11.8 Å². The molecule has 1 unspecified atom stereocenters. The number of thioether (sulfide) groups is 1. The molecule has 1 aromatic heterocycles. The largest absolute Gasteiger partial charge is 0.409 e. The Morgan fingerprint density at radius 2 is 2.31 bits per heavy atom. The van der Waals surface area contributed by atoms with Crippen LogP contribution in [0.2, 0.25) is 0 Å². The fourth-order valence-corrected chi connectivity index (χ4v) is 2.50. The average Bonchev–Trinajstić information content (AvgIpc) is 2.53. The molecule has 0 aromatic carbocycles. The van der Waals surface area contributed by atoms with Crippen molar-refractivity contribution in [1.82, 2.24) is 9.78 Å². The van der Waals surface area contributed by atoms with Crippen LogP contribution in [-0.2, 0) is 7.05 Å². The normalized spacial score (nSPS) is 14.1. The molecule has 16 heavy (non-hydrogen) atoms. The zero-order valence-electron chi connectivity index (χ0n) is 10.1. The van der Waals surface area contributed by atoms with E-state index < -0.39 is 0 Å². The van der Waals surface area contributed by atoms with Crippen LogP contribution in [0.4, 0.5) is 0 Å². The Balaban J connectivity index is 3.16. The van der Waals surface area contributed by atoms with E-state index in [-0.39, 0.29) is 5.84 Å². The van der Waals surface area contributed by atoms with Gasteiger partial charge in [0.15, 0.2) is 5.84 Å². The summed E-state index contributed by atoms with van der Waals surface area (Å²) in [6.07, 6.45) is 1.06. The number of oxime groups is 1. The Labute approximate surface area is 99.7 Å². The summed E-state index contributed by atoms with van der Waals surface area (Å²) in [6, 6.07) is 0. The molecule has 6 heteroatoms. The first kappa shape index (κ1) is 12.9. The smallest absolute Gasteiger partial charge is 0.174 e. The van der Waals surface area contributed by atoms with Gasteiger partial charge >= 0.3 is 0 Å². The van der Waals surface area contributed by atoms with Crippen molar-refractivity contribution in [1.29, 1.82) is 0 Å². The van der Waals surface area contributed by atoms with Crippen molar-refractivity contribution < 1.29 is 5.21 Å². The fourth-order valence-electron chi connectivity index (χ4n) is 1.39.